The molecule has 0 spiro atoms. The summed E-state index contributed by atoms with van der Waals surface area (Å²) in [5, 5.41) is 11.5. The van der Waals surface area contributed by atoms with Gasteiger partial charge < -0.3 is 15.7 Å². The number of nitrogens with two attached hydrogens (primary N) is 1. The van der Waals surface area contributed by atoms with Crippen molar-refractivity contribution < 1.29 is 5.11 Å². The predicted octanol–water partition coefficient (Wildman–Crippen LogP) is 0.904. The first-order valence-corrected chi connectivity index (χ1v) is 8.86. The van der Waals surface area contributed by atoms with Crippen LogP contribution in [-0.2, 0) is 0 Å². The summed E-state index contributed by atoms with van der Waals surface area (Å²) < 4.78 is 0. The van der Waals surface area contributed by atoms with Crippen LogP contribution in [0.1, 0.15) is 25.7 Å². The van der Waals surface area contributed by atoms with Crippen LogP contribution in [0.3, 0.4) is 0 Å². The molecule has 3 N–H and O–H groups in total. The molecule has 2 bridgehead atoms. The molecular formula is C17H25N3O. The minimum Gasteiger partial charge on any atom is -0.387 e. The second-order valence-corrected chi connectivity index (χ2v) is 8.84. The molecule has 4 heteroatoms. The van der Waals surface area contributed by atoms with Crippen molar-refractivity contribution in [3.63, 3.8) is 0 Å². The molecule has 6 fully saturated rings. The van der Waals surface area contributed by atoms with Gasteiger partial charge in [-0.3, -0.25) is 4.99 Å². The van der Waals surface area contributed by atoms with Gasteiger partial charge in [0, 0.05) is 13.1 Å². The molecule has 0 amide bonds. The van der Waals surface area contributed by atoms with E-state index in [9.17, 15) is 5.11 Å². The SMILES string of the molecule is CN(C(N)=NCC1(O)C2C3CC4C5C3CC2C5C41)C1CC1. The zero-order valence-corrected chi connectivity index (χ0v) is 12.7. The highest BCUT2D eigenvalue weighted by atomic mass is 16.3. The van der Waals surface area contributed by atoms with Crippen LogP contribution in [0, 0.1) is 47.3 Å². The van der Waals surface area contributed by atoms with E-state index in [0.29, 0.717) is 30.4 Å². The molecule has 0 radical (unpaired) electrons. The molecule has 114 valence electrons. The summed E-state index contributed by atoms with van der Waals surface area (Å²) in [7, 11) is 2.04. The van der Waals surface area contributed by atoms with Gasteiger partial charge in [-0.05, 0) is 73.0 Å². The van der Waals surface area contributed by atoms with Crippen LogP contribution in [0.25, 0.3) is 0 Å². The molecule has 9 atom stereocenters. The fraction of sp³-hybridized carbons (Fsp3) is 0.941. The van der Waals surface area contributed by atoms with Crippen molar-refractivity contribution in [1.82, 2.24) is 4.90 Å². The van der Waals surface area contributed by atoms with E-state index in [2.05, 4.69) is 9.89 Å². The highest BCUT2D eigenvalue weighted by molar-refractivity contribution is 5.78. The normalized spacial score (nSPS) is 61.7. The molecule has 0 aromatic carbocycles. The molecule has 6 aliphatic carbocycles. The van der Waals surface area contributed by atoms with Gasteiger partial charge in [-0.2, -0.15) is 0 Å². The Morgan fingerprint density at radius 2 is 1.86 bits per heavy atom. The van der Waals surface area contributed by atoms with E-state index in [4.69, 9.17) is 5.73 Å². The largest absolute Gasteiger partial charge is 0.387 e. The monoisotopic (exact) mass is 287 g/mol. The van der Waals surface area contributed by atoms with Crippen LogP contribution in [0.15, 0.2) is 4.99 Å². The number of guanidine groups is 1. The van der Waals surface area contributed by atoms with Gasteiger partial charge in [0.05, 0.1) is 12.1 Å². The fourth-order valence-corrected chi connectivity index (χ4v) is 7.90. The number of aliphatic imine (C=N–C) groups is 1. The number of hydrogen-bond donors (Lipinski definition) is 2. The molecule has 21 heavy (non-hydrogen) atoms. The van der Waals surface area contributed by atoms with Gasteiger partial charge in [-0.25, -0.2) is 0 Å². The molecular weight excluding hydrogens is 262 g/mol. The Labute approximate surface area is 125 Å². The summed E-state index contributed by atoms with van der Waals surface area (Å²) in [4.78, 5) is 6.76. The van der Waals surface area contributed by atoms with Gasteiger partial charge >= 0.3 is 0 Å². The maximum Gasteiger partial charge on any atom is 0.191 e. The fourth-order valence-electron chi connectivity index (χ4n) is 7.90. The Kier molecular flexibility index (Phi) is 1.83. The maximum atomic E-state index is 11.5. The van der Waals surface area contributed by atoms with Crippen LogP contribution < -0.4 is 5.73 Å². The lowest BCUT2D eigenvalue weighted by atomic mass is 9.56. The Morgan fingerprint density at radius 3 is 2.62 bits per heavy atom. The van der Waals surface area contributed by atoms with Crippen molar-refractivity contribution in [1.29, 1.82) is 0 Å². The average Bonchev–Trinajstić information content (AvgIpc) is 3.09. The summed E-state index contributed by atoms with van der Waals surface area (Å²) >= 11 is 0. The molecule has 0 aromatic heterocycles. The standard InChI is InChI=1S/C17H25N3O/c1-20(7-2-3-7)16(18)19-6-17(21)14-9-5-10-12-8(9)4-11(14)13(12)15(10)17/h7-15,21H,2-6H2,1H3,(H2,18,19). The molecule has 0 aliphatic heterocycles. The van der Waals surface area contributed by atoms with Crippen molar-refractivity contribution >= 4 is 5.96 Å². The second kappa shape index (κ2) is 3.27. The van der Waals surface area contributed by atoms with Gasteiger partial charge in [0.25, 0.3) is 0 Å². The molecule has 0 aromatic rings. The van der Waals surface area contributed by atoms with E-state index in [1.54, 1.807) is 0 Å². The molecule has 9 unspecified atom stereocenters. The van der Waals surface area contributed by atoms with Gasteiger partial charge in [-0.15, -0.1) is 0 Å². The molecule has 0 saturated heterocycles. The van der Waals surface area contributed by atoms with Crippen molar-refractivity contribution in [2.75, 3.05) is 13.6 Å². The summed E-state index contributed by atoms with van der Waals surface area (Å²) in [5.41, 5.74) is 5.63. The van der Waals surface area contributed by atoms with E-state index in [0.717, 1.165) is 35.5 Å². The van der Waals surface area contributed by atoms with Crippen molar-refractivity contribution in [3.05, 3.63) is 0 Å². The Bertz CT molecular complexity index is 552. The molecule has 0 heterocycles. The van der Waals surface area contributed by atoms with Crippen LogP contribution >= 0.6 is 0 Å². The second-order valence-electron chi connectivity index (χ2n) is 8.84. The van der Waals surface area contributed by atoms with Crippen molar-refractivity contribution in [3.8, 4) is 0 Å². The van der Waals surface area contributed by atoms with Crippen LogP contribution in [-0.4, -0.2) is 41.2 Å². The third-order valence-electron chi connectivity index (χ3n) is 8.47. The predicted molar refractivity (Wildman–Crippen MR) is 79.4 cm³/mol. The Balaban J connectivity index is 1.30. The van der Waals surface area contributed by atoms with Gasteiger partial charge in [-0.1, -0.05) is 0 Å². The van der Waals surface area contributed by atoms with E-state index in [1.165, 1.54) is 25.7 Å². The molecule has 4 nitrogen and oxygen atoms in total. The minimum atomic E-state index is -0.514. The lowest BCUT2D eigenvalue weighted by molar-refractivity contribution is -0.123. The van der Waals surface area contributed by atoms with E-state index < -0.39 is 5.60 Å². The lowest BCUT2D eigenvalue weighted by Crippen LogP contribution is -2.56. The van der Waals surface area contributed by atoms with E-state index >= 15 is 0 Å². The van der Waals surface area contributed by atoms with Crippen LogP contribution in [0.5, 0.6) is 0 Å². The first kappa shape index (κ1) is 11.8. The highest BCUT2D eigenvalue weighted by Gasteiger charge is 2.84. The summed E-state index contributed by atoms with van der Waals surface area (Å²) in [6, 6.07) is 0.598. The van der Waals surface area contributed by atoms with Crippen LogP contribution in [0.2, 0.25) is 0 Å². The lowest BCUT2D eigenvalue weighted by Gasteiger charge is -2.51. The van der Waals surface area contributed by atoms with E-state index in [1.807, 2.05) is 7.05 Å². The Hall–Kier alpha value is -0.770. The van der Waals surface area contributed by atoms with Crippen LogP contribution in [0.4, 0.5) is 0 Å². The average molecular weight is 287 g/mol. The maximum absolute atomic E-state index is 11.5. The number of fused-ring (bicyclic) bond motifs is 2. The zero-order valence-electron chi connectivity index (χ0n) is 12.7. The number of nitrogens with zero attached hydrogens (tertiary/aromatic N) is 2. The topological polar surface area (TPSA) is 61.8 Å². The zero-order chi connectivity index (χ0) is 14.1. The van der Waals surface area contributed by atoms with Gasteiger partial charge in [0.15, 0.2) is 5.96 Å². The summed E-state index contributed by atoms with van der Waals surface area (Å²) in [6.07, 6.45) is 5.31. The van der Waals surface area contributed by atoms with Crippen molar-refractivity contribution in [2.45, 2.75) is 37.3 Å². The third kappa shape index (κ3) is 1.09. The molecule has 6 rings (SSSR count). The summed E-state index contributed by atoms with van der Waals surface area (Å²) in [6.45, 7) is 0.560. The van der Waals surface area contributed by atoms with Gasteiger partial charge in [0.1, 0.15) is 0 Å². The number of rotatable bonds is 3. The minimum absolute atomic E-state index is 0.514. The first-order chi connectivity index (χ1) is 10.1. The molecule has 6 aliphatic rings. The first-order valence-electron chi connectivity index (χ1n) is 8.86. The smallest absolute Gasteiger partial charge is 0.191 e. The van der Waals surface area contributed by atoms with Gasteiger partial charge in [0.2, 0.25) is 0 Å². The Morgan fingerprint density at radius 1 is 1.14 bits per heavy atom. The van der Waals surface area contributed by atoms with E-state index in [-0.39, 0.29) is 0 Å². The number of hydrogen-bond acceptors (Lipinski definition) is 2. The number of aliphatic hydroxyl groups is 1. The summed E-state index contributed by atoms with van der Waals surface area (Å²) in [5.74, 6) is 7.05. The highest BCUT2D eigenvalue weighted by Crippen LogP contribution is 2.85. The third-order valence-corrected chi connectivity index (χ3v) is 8.47. The molecule has 6 saturated carbocycles. The van der Waals surface area contributed by atoms with Crippen molar-refractivity contribution in [2.24, 2.45) is 58.1 Å². The quantitative estimate of drug-likeness (QED) is 0.599.